The summed E-state index contributed by atoms with van der Waals surface area (Å²) in [7, 11) is 0. The maximum Gasteiger partial charge on any atom is 0.433 e. The van der Waals surface area contributed by atoms with E-state index < -0.39 is 11.9 Å². The molecule has 0 amide bonds. The van der Waals surface area contributed by atoms with Crippen LogP contribution >= 0.6 is 0 Å². The highest BCUT2D eigenvalue weighted by Crippen LogP contribution is 2.28. The van der Waals surface area contributed by atoms with Crippen molar-refractivity contribution in [1.82, 2.24) is 15.0 Å². The molecule has 0 unspecified atom stereocenters. The molecule has 0 radical (unpaired) electrons. The number of alkyl halides is 3. The van der Waals surface area contributed by atoms with Gasteiger partial charge in [0.2, 0.25) is 0 Å². The van der Waals surface area contributed by atoms with Crippen LogP contribution in [-0.2, 0) is 6.18 Å². The van der Waals surface area contributed by atoms with Crippen molar-refractivity contribution in [3.63, 3.8) is 0 Å². The molecule has 1 fully saturated rings. The number of nitrogens with zero attached hydrogens (tertiary/aromatic N) is 4. The summed E-state index contributed by atoms with van der Waals surface area (Å²) in [4.78, 5) is 14.6. The molecule has 3 rings (SSSR count). The fourth-order valence-corrected chi connectivity index (χ4v) is 2.99. The van der Waals surface area contributed by atoms with Gasteiger partial charge in [0.05, 0.1) is 0 Å². The molecule has 134 valence electrons. The van der Waals surface area contributed by atoms with Crippen molar-refractivity contribution in [1.29, 1.82) is 0 Å². The zero-order chi connectivity index (χ0) is 18.0. The van der Waals surface area contributed by atoms with Gasteiger partial charge in [0.1, 0.15) is 23.2 Å². The maximum absolute atomic E-state index is 12.7. The Hall–Kier alpha value is -2.38. The quantitative estimate of drug-likeness (QED) is 0.916. The van der Waals surface area contributed by atoms with Gasteiger partial charge in [-0.15, -0.1) is 0 Å². The van der Waals surface area contributed by atoms with Crippen molar-refractivity contribution < 1.29 is 13.2 Å². The predicted octanol–water partition coefficient (Wildman–Crippen LogP) is 3.59. The zero-order valence-corrected chi connectivity index (χ0v) is 14.1. The van der Waals surface area contributed by atoms with Crippen LogP contribution in [0.5, 0.6) is 0 Å². The lowest BCUT2D eigenvalue weighted by molar-refractivity contribution is -0.141. The van der Waals surface area contributed by atoms with E-state index in [1.807, 2.05) is 19.9 Å². The summed E-state index contributed by atoms with van der Waals surface area (Å²) in [6.07, 6.45) is -2.82. The second-order valence-corrected chi connectivity index (χ2v) is 6.23. The lowest BCUT2D eigenvalue weighted by Gasteiger charge is -2.33. The molecule has 5 nitrogen and oxygen atoms in total. The van der Waals surface area contributed by atoms with Crippen LogP contribution in [0.15, 0.2) is 24.3 Å². The summed E-state index contributed by atoms with van der Waals surface area (Å²) >= 11 is 0. The molecule has 3 heterocycles. The molecule has 0 aromatic carbocycles. The van der Waals surface area contributed by atoms with Gasteiger partial charge in [-0.05, 0) is 38.8 Å². The fraction of sp³-hybridized carbons (Fsp3) is 0.471. The normalized spacial score (nSPS) is 16.1. The van der Waals surface area contributed by atoms with Crippen LogP contribution in [0.2, 0.25) is 0 Å². The summed E-state index contributed by atoms with van der Waals surface area (Å²) in [5, 5.41) is 3.12. The van der Waals surface area contributed by atoms with E-state index in [4.69, 9.17) is 0 Å². The summed E-state index contributed by atoms with van der Waals surface area (Å²) in [6.45, 7) is 5.37. The predicted molar refractivity (Wildman–Crippen MR) is 89.6 cm³/mol. The number of piperidine rings is 1. The minimum absolute atomic E-state index is 0.0938. The van der Waals surface area contributed by atoms with E-state index in [9.17, 15) is 13.2 Å². The Balaban J connectivity index is 1.61. The van der Waals surface area contributed by atoms with Crippen LogP contribution in [0.25, 0.3) is 0 Å². The topological polar surface area (TPSA) is 53.9 Å². The molecule has 0 saturated carbocycles. The Morgan fingerprint density at radius 3 is 2.44 bits per heavy atom. The first-order valence-corrected chi connectivity index (χ1v) is 8.19. The summed E-state index contributed by atoms with van der Waals surface area (Å²) in [5.74, 6) is 1.91. The Morgan fingerprint density at radius 2 is 1.80 bits per heavy atom. The molecule has 0 aliphatic carbocycles. The molecule has 1 aliphatic rings. The number of nitrogens with one attached hydrogen (secondary N) is 1. The van der Waals surface area contributed by atoms with E-state index in [0.29, 0.717) is 0 Å². The average molecular weight is 351 g/mol. The second-order valence-electron chi connectivity index (χ2n) is 6.23. The summed E-state index contributed by atoms with van der Waals surface area (Å²) < 4.78 is 38.2. The van der Waals surface area contributed by atoms with E-state index in [1.165, 1.54) is 6.07 Å². The minimum atomic E-state index is -4.43. The van der Waals surface area contributed by atoms with Gasteiger partial charge < -0.3 is 10.2 Å². The van der Waals surface area contributed by atoms with Crippen molar-refractivity contribution in [2.45, 2.75) is 38.9 Å². The third kappa shape index (κ3) is 4.37. The maximum atomic E-state index is 12.7. The van der Waals surface area contributed by atoms with Crippen molar-refractivity contribution in [3.05, 3.63) is 41.5 Å². The van der Waals surface area contributed by atoms with E-state index in [0.717, 1.165) is 49.3 Å². The number of aryl methyl sites for hydroxylation is 2. The molecule has 2 aromatic heterocycles. The Morgan fingerprint density at radius 1 is 1.08 bits per heavy atom. The standard InChI is InChI=1S/C17H20F3N5/c1-11-10-16(22-12(2)21-11)25-8-6-13(7-9-25)23-15-5-3-4-14(24-15)17(18,19)20/h3-5,10,13H,6-9H2,1-2H3,(H,23,24). The summed E-state index contributed by atoms with van der Waals surface area (Å²) in [6, 6.07) is 5.97. The molecular weight excluding hydrogens is 331 g/mol. The Bertz CT molecular complexity index is 719. The monoisotopic (exact) mass is 351 g/mol. The first kappa shape index (κ1) is 17.4. The lowest BCUT2D eigenvalue weighted by Crippen LogP contribution is -2.39. The van der Waals surface area contributed by atoms with Gasteiger partial charge in [-0.2, -0.15) is 13.2 Å². The molecule has 1 saturated heterocycles. The van der Waals surface area contributed by atoms with E-state index in [-0.39, 0.29) is 11.9 Å². The van der Waals surface area contributed by atoms with Crippen LogP contribution in [0.4, 0.5) is 24.8 Å². The summed E-state index contributed by atoms with van der Waals surface area (Å²) in [5.41, 5.74) is 0.0535. The minimum Gasteiger partial charge on any atom is -0.367 e. The Kier molecular flexibility index (Phi) is 4.78. The average Bonchev–Trinajstić information content (AvgIpc) is 2.54. The number of rotatable bonds is 3. The van der Waals surface area contributed by atoms with Crippen molar-refractivity contribution >= 4 is 11.6 Å². The van der Waals surface area contributed by atoms with Gasteiger partial charge in [0.25, 0.3) is 0 Å². The molecule has 1 N–H and O–H groups in total. The fourth-order valence-electron chi connectivity index (χ4n) is 2.99. The molecule has 0 atom stereocenters. The SMILES string of the molecule is Cc1cc(N2CCC(Nc3cccc(C(F)(F)F)n3)CC2)nc(C)n1. The number of pyridine rings is 1. The van der Waals surface area contributed by atoms with E-state index >= 15 is 0 Å². The zero-order valence-electron chi connectivity index (χ0n) is 14.1. The molecule has 8 heteroatoms. The van der Waals surface area contributed by atoms with Crippen LogP contribution in [0.1, 0.15) is 30.1 Å². The molecule has 2 aromatic rings. The largest absolute Gasteiger partial charge is 0.433 e. The molecule has 1 aliphatic heterocycles. The van der Waals surface area contributed by atoms with Gasteiger partial charge in [0.15, 0.2) is 0 Å². The van der Waals surface area contributed by atoms with Crippen molar-refractivity contribution in [3.8, 4) is 0 Å². The highest BCUT2D eigenvalue weighted by Gasteiger charge is 2.32. The first-order chi connectivity index (χ1) is 11.8. The van der Waals surface area contributed by atoms with Gasteiger partial charge in [-0.1, -0.05) is 6.07 Å². The lowest BCUT2D eigenvalue weighted by atomic mass is 10.0. The highest BCUT2D eigenvalue weighted by atomic mass is 19.4. The molecule has 0 bridgehead atoms. The van der Waals surface area contributed by atoms with Gasteiger partial charge in [0, 0.05) is 30.9 Å². The highest BCUT2D eigenvalue weighted by molar-refractivity contribution is 5.42. The third-order valence-electron chi connectivity index (χ3n) is 4.16. The molecule has 25 heavy (non-hydrogen) atoms. The van der Waals surface area contributed by atoms with E-state index in [1.54, 1.807) is 6.07 Å². The number of hydrogen-bond acceptors (Lipinski definition) is 5. The number of anilines is 2. The van der Waals surface area contributed by atoms with E-state index in [2.05, 4.69) is 25.2 Å². The van der Waals surface area contributed by atoms with Crippen molar-refractivity contribution in [2.24, 2.45) is 0 Å². The van der Waals surface area contributed by atoms with Crippen LogP contribution in [0.3, 0.4) is 0 Å². The number of hydrogen-bond donors (Lipinski definition) is 1. The van der Waals surface area contributed by atoms with Crippen LogP contribution in [0, 0.1) is 13.8 Å². The molecular formula is C17H20F3N5. The second kappa shape index (κ2) is 6.85. The van der Waals surface area contributed by atoms with Crippen molar-refractivity contribution in [2.75, 3.05) is 23.3 Å². The first-order valence-electron chi connectivity index (χ1n) is 8.19. The smallest absolute Gasteiger partial charge is 0.367 e. The number of aromatic nitrogens is 3. The van der Waals surface area contributed by atoms with Crippen LogP contribution in [-0.4, -0.2) is 34.1 Å². The van der Waals surface area contributed by atoms with Gasteiger partial charge in [-0.3, -0.25) is 0 Å². The van der Waals surface area contributed by atoms with Crippen LogP contribution < -0.4 is 10.2 Å². The van der Waals surface area contributed by atoms with Gasteiger partial charge >= 0.3 is 6.18 Å². The molecule has 0 spiro atoms. The number of halogens is 3. The van der Waals surface area contributed by atoms with Gasteiger partial charge in [-0.25, -0.2) is 15.0 Å². The third-order valence-corrected chi connectivity index (χ3v) is 4.16. The Labute approximate surface area is 144 Å².